The summed E-state index contributed by atoms with van der Waals surface area (Å²) in [7, 11) is 0. The first-order valence-electron chi connectivity index (χ1n) is 4.49. The summed E-state index contributed by atoms with van der Waals surface area (Å²) in [5, 5.41) is 19.2. The standard InChI is InChI=1S/C10H18O2/c1-7-4-5-8(6-9(7)11)10(2,3)12/h8-9,11-12H,1,4-6H2,2-3H3/t8-,9-/m1/s1. The molecular weight excluding hydrogens is 152 g/mol. The quantitative estimate of drug-likeness (QED) is 0.585. The van der Waals surface area contributed by atoms with Gasteiger partial charge in [0.2, 0.25) is 0 Å². The number of aliphatic hydroxyl groups is 2. The Labute approximate surface area is 73.9 Å². The first-order valence-corrected chi connectivity index (χ1v) is 4.49. The van der Waals surface area contributed by atoms with Crippen LogP contribution in [0.3, 0.4) is 0 Å². The molecule has 2 nitrogen and oxygen atoms in total. The van der Waals surface area contributed by atoms with Crippen LogP contribution in [0.2, 0.25) is 0 Å². The molecule has 0 heterocycles. The van der Waals surface area contributed by atoms with Crippen LogP contribution in [0.5, 0.6) is 0 Å². The van der Waals surface area contributed by atoms with Gasteiger partial charge in [0, 0.05) is 0 Å². The van der Waals surface area contributed by atoms with Gasteiger partial charge >= 0.3 is 0 Å². The van der Waals surface area contributed by atoms with E-state index in [0.717, 1.165) is 18.4 Å². The largest absolute Gasteiger partial charge is 0.390 e. The fourth-order valence-corrected chi connectivity index (χ4v) is 1.72. The Balaban J connectivity index is 2.57. The maximum atomic E-state index is 9.71. The Bertz CT molecular complexity index is 179. The van der Waals surface area contributed by atoms with Crippen LogP contribution in [0.25, 0.3) is 0 Å². The molecule has 70 valence electrons. The minimum atomic E-state index is -0.665. The lowest BCUT2D eigenvalue weighted by Gasteiger charge is -2.35. The Morgan fingerprint density at radius 1 is 1.50 bits per heavy atom. The third-order valence-electron chi connectivity index (χ3n) is 2.79. The normalized spacial score (nSPS) is 32.2. The monoisotopic (exact) mass is 170 g/mol. The fourth-order valence-electron chi connectivity index (χ4n) is 1.72. The number of hydrogen-bond acceptors (Lipinski definition) is 2. The van der Waals surface area contributed by atoms with Gasteiger partial charge in [-0.1, -0.05) is 6.58 Å². The van der Waals surface area contributed by atoms with Crippen molar-refractivity contribution < 1.29 is 10.2 Å². The van der Waals surface area contributed by atoms with Gasteiger partial charge in [0.15, 0.2) is 0 Å². The van der Waals surface area contributed by atoms with Crippen molar-refractivity contribution in [1.29, 1.82) is 0 Å². The summed E-state index contributed by atoms with van der Waals surface area (Å²) in [6.07, 6.45) is 2.03. The minimum absolute atomic E-state index is 0.206. The van der Waals surface area contributed by atoms with Crippen molar-refractivity contribution in [3.05, 3.63) is 12.2 Å². The van der Waals surface area contributed by atoms with Crippen LogP contribution < -0.4 is 0 Å². The summed E-state index contributed by atoms with van der Waals surface area (Å²) in [4.78, 5) is 0. The molecule has 0 aliphatic heterocycles. The maximum absolute atomic E-state index is 9.71. The smallest absolute Gasteiger partial charge is 0.0751 e. The summed E-state index contributed by atoms with van der Waals surface area (Å²) >= 11 is 0. The molecular formula is C10H18O2. The van der Waals surface area contributed by atoms with Crippen LogP contribution in [0, 0.1) is 5.92 Å². The molecule has 0 aromatic carbocycles. The van der Waals surface area contributed by atoms with E-state index in [1.807, 2.05) is 0 Å². The van der Waals surface area contributed by atoms with Crippen molar-refractivity contribution in [2.24, 2.45) is 5.92 Å². The summed E-state index contributed by atoms with van der Waals surface area (Å²) < 4.78 is 0. The Hall–Kier alpha value is -0.340. The Morgan fingerprint density at radius 3 is 2.50 bits per heavy atom. The third kappa shape index (κ3) is 2.08. The molecule has 1 aliphatic carbocycles. The van der Waals surface area contributed by atoms with Gasteiger partial charge in [0.25, 0.3) is 0 Å². The molecule has 0 bridgehead atoms. The highest BCUT2D eigenvalue weighted by atomic mass is 16.3. The first-order chi connectivity index (χ1) is 5.41. The molecule has 0 aromatic heterocycles. The zero-order valence-corrected chi connectivity index (χ0v) is 7.88. The predicted molar refractivity (Wildman–Crippen MR) is 48.8 cm³/mol. The molecule has 1 rings (SSSR count). The first kappa shape index (κ1) is 9.75. The van der Waals surface area contributed by atoms with Gasteiger partial charge < -0.3 is 10.2 Å². The van der Waals surface area contributed by atoms with E-state index in [1.165, 1.54) is 0 Å². The zero-order chi connectivity index (χ0) is 9.35. The minimum Gasteiger partial charge on any atom is -0.390 e. The number of rotatable bonds is 1. The van der Waals surface area contributed by atoms with E-state index in [0.29, 0.717) is 6.42 Å². The maximum Gasteiger partial charge on any atom is 0.0751 e. The van der Waals surface area contributed by atoms with E-state index < -0.39 is 11.7 Å². The van der Waals surface area contributed by atoms with Gasteiger partial charge in [0.1, 0.15) is 0 Å². The van der Waals surface area contributed by atoms with Crippen molar-refractivity contribution in [3.8, 4) is 0 Å². The summed E-state index contributed by atoms with van der Waals surface area (Å²) in [5.74, 6) is 0.206. The summed E-state index contributed by atoms with van der Waals surface area (Å²) in [6, 6.07) is 0. The zero-order valence-electron chi connectivity index (χ0n) is 7.88. The van der Waals surface area contributed by atoms with Crippen molar-refractivity contribution in [2.45, 2.75) is 44.8 Å². The van der Waals surface area contributed by atoms with Crippen molar-refractivity contribution in [1.82, 2.24) is 0 Å². The van der Waals surface area contributed by atoms with Crippen LogP contribution in [0.15, 0.2) is 12.2 Å². The van der Waals surface area contributed by atoms with Gasteiger partial charge in [-0.25, -0.2) is 0 Å². The second-order valence-electron chi connectivity index (χ2n) is 4.30. The summed E-state index contributed by atoms with van der Waals surface area (Å²) in [5.41, 5.74) is 0.248. The highest BCUT2D eigenvalue weighted by Gasteiger charge is 2.32. The van der Waals surface area contributed by atoms with Crippen molar-refractivity contribution in [3.63, 3.8) is 0 Å². The SMILES string of the molecule is C=C1CC[C@@H](C(C)(C)O)C[C@H]1O. The molecule has 0 spiro atoms. The molecule has 2 atom stereocenters. The van der Waals surface area contributed by atoms with Gasteiger partial charge in [-0.05, 0) is 44.6 Å². The van der Waals surface area contributed by atoms with E-state index in [4.69, 9.17) is 0 Å². The second-order valence-corrected chi connectivity index (χ2v) is 4.30. The Morgan fingerprint density at radius 2 is 2.08 bits per heavy atom. The molecule has 0 aromatic rings. The van der Waals surface area contributed by atoms with E-state index in [9.17, 15) is 10.2 Å². The van der Waals surface area contributed by atoms with Crippen LogP contribution in [-0.4, -0.2) is 21.9 Å². The highest BCUT2D eigenvalue weighted by molar-refractivity contribution is 5.07. The second kappa shape index (κ2) is 3.19. The van der Waals surface area contributed by atoms with E-state index in [-0.39, 0.29) is 5.92 Å². The van der Waals surface area contributed by atoms with E-state index >= 15 is 0 Å². The number of aliphatic hydroxyl groups excluding tert-OH is 1. The van der Waals surface area contributed by atoms with Gasteiger partial charge in [-0.3, -0.25) is 0 Å². The molecule has 1 saturated carbocycles. The van der Waals surface area contributed by atoms with Crippen LogP contribution in [0.4, 0.5) is 0 Å². The molecule has 1 aliphatic rings. The average Bonchev–Trinajstić information content (AvgIpc) is 1.92. The molecule has 0 saturated heterocycles. The van der Waals surface area contributed by atoms with Crippen LogP contribution in [0.1, 0.15) is 33.1 Å². The predicted octanol–water partition coefficient (Wildman–Crippen LogP) is 1.47. The fraction of sp³-hybridized carbons (Fsp3) is 0.800. The topological polar surface area (TPSA) is 40.5 Å². The molecule has 12 heavy (non-hydrogen) atoms. The molecule has 0 radical (unpaired) electrons. The van der Waals surface area contributed by atoms with Crippen molar-refractivity contribution >= 4 is 0 Å². The van der Waals surface area contributed by atoms with E-state index in [2.05, 4.69) is 6.58 Å². The third-order valence-corrected chi connectivity index (χ3v) is 2.79. The molecule has 2 heteroatoms. The van der Waals surface area contributed by atoms with Crippen LogP contribution in [-0.2, 0) is 0 Å². The van der Waals surface area contributed by atoms with Gasteiger partial charge in [-0.15, -0.1) is 0 Å². The van der Waals surface area contributed by atoms with Gasteiger partial charge in [-0.2, -0.15) is 0 Å². The van der Waals surface area contributed by atoms with E-state index in [1.54, 1.807) is 13.8 Å². The lowest BCUT2D eigenvalue weighted by Crippen LogP contribution is -2.36. The lowest BCUT2D eigenvalue weighted by molar-refractivity contribution is -0.0154. The molecule has 0 unspecified atom stereocenters. The molecule has 0 amide bonds. The number of hydrogen-bond donors (Lipinski definition) is 2. The van der Waals surface area contributed by atoms with Crippen molar-refractivity contribution in [2.75, 3.05) is 0 Å². The average molecular weight is 170 g/mol. The van der Waals surface area contributed by atoms with Gasteiger partial charge in [0.05, 0.1) is 11.7 Å². The molecule has 1 fully saturated rings. The van der Waals surface area contributed by atoms with Crippen LogP contribution >= 0.6 is 0 Å². The highest BCUT2D eigenvalue weighted by Crippen LogP contribution is 2.34. The summed E-state index contributed by atoms with van der Waals surface area (Å²) in [6.45, 7) is 7.39. The molecule has 2 N–H and O–H groups in total. The lowest BCUT2D eigenvalue weighted by atomic mass is 9.76. The Kier molecular flexibility index (Phi) is 2.59.